The molecule has 0 unspecified atom stereocenters. The minimum absolute atomic E-state index is 0.00419. The lowest BCUT2D eigenvalue weighted by atomic mass is 10.2. The summed E-state index contributed by atoms with van der Waals surface area (Å²) in [6, 6.07) is 1.68. The van der Waals surface area contributed by atoms with E-state index in [2.05, 4.69) is 10.6 Å². The van der Waals surface area contributed by atoms with Crippen LogP contribution in [0.4, 0.5) is 25.0 Å². The Balaban J connectivity index is 2.04. The number of nitrogen functional groups attached to an aromatic ring is 1. The van der Waals surface area contributed by atoms with Crippen molar-refractivity contribution in [2.24, 2.45) is 0 Å². The van der Waals surface area contributed by atoms with Crippen molar-refractivity contribution in [3.8, 4) is 0 Å². The van der Waals surface area contributed by atoms with Crippen LogP contribution in [0.5, 0.6) is 0 Å². The van der Waals surface area contributed by atoms with Crippen molar-refractivity contribution >= 4 is 17.4 Å². The largest absolute Gasteiger partial charge is 0.397 e. The predicted octanol–water partition coefficient (Wildman–Crippen LogP) is 2.61. The van der Waals surface area contributed by atoms with Gasteiger partial charge >= 0.3 is 6.03 Å². The second-order valence-corrected chi connectivity index (χ2v) is 4.41. The molecule has 18 heavy (non-hydrogen) atoms. The van der Waals surface area contributed by atoms with Crippen molar-refractivity contribution in [2.75, 3.05) is 11.1 Å². The number of nitrogens with two attached hydrogens (primary N) is 1. The van der Waals surface area contributed by atoms with Crippen molar-refractivity contribution in [3.63, 3.8) is 0 Å². The molecule has 0 spiro atoms. The summed E-state index contributed by atoms with van der Waals surface area (Å²) in [5.41, 5.74) is 5.18. The fraction of sp³-hybridized carbons (Fsp3) is 0.417. The zero-order valence-electron chi connectivity index (χ0n) is 9.80. The van der Waals surface area contributed by atoms with Crippen molar-refractivity contribution in [1.82, 2.24) is 5.32 Å². The lowest BCUT2D eigenvalue weighted by Crippen LogP contribution is -2.36. The zero-order valence-corrected chi connectivity index (χ0v) is 9.80. The molecule has 0 saturated heterocycles. The molecule has 4 nitrogen and oxygen atoms in total. The van der Waals surface area contributed by atoms with Gasteiger partial charge in [0.05, 0.1) is 5.69 Å². The Bertz CT molecular complexity index is 459. The number of nitrogens with one attached hydrogen (secondary N) is 2. The molecule has 0 aromatic heterocycles. The molecule has 1 fully saturated rings. The molecule has 0 bridgehead atoms. The van der Waals surface area contributed by atoms with Gasteiger partial charge in [-0.15, -0.1) is 0 Å². The van der Waals surface area contributed by atoms with Crippen LogP contribution in [-0.4, -0.2) is 12.1 Å². The van der Waals surface area contributed by atoms with Crippen LogP contribution in [0.25, 0.3) is 0 Å². The van der Waals surface area contributed by atoms with Gasteiger partial charge in [0.2, 0.25) is 0 Å². The number of amides is 2. The molecule has 1 saturated carbocycles. The topological polar surface area (TPSA) is 67.1 Å². The summed E-state index contributed by atoms with van der Waals surface area (Å²) in [4.78, 5) is 11.6. The summed E-state index contributed by atoms with van der Waals surface area (Å²) in [6.45, 7) is 0. The molecule has 1 aliphatic rings. The van der Waals surface area contributed by atoms with Crippen molar-refractivity contribution in [3.05, 3.63) is 23.8 Å². The summed E-state index contributed by atoms with van der Waals surface area (Å²) < 4.78 is 26.5. The van der Waals surface area contributed by atoms with Crippen molar-refractivity contribution in [1.29, 1.82) is 0 Å². The number of benzene rings is 1. The van der Waals surface area contributed by atoms with Crippen LogP contribution in [0.3, 0.4) is 0 Å². The first-order valence-corrected chi connectivity index (χ1v) is 5.89. The quantitative estimate of drug-likeness (QED) is 0.711. The Morgan fingerprint density at radius 1 is 1.28 bits per heavy atom. The summed E-state index contributed by atoms with van der Waals surface area (Å²) in [5.74, 6) is -2.18. The van der Waals surface area contributed by atoms with Crippen LogP contribution >= 0.6 is 0 Å². The molecule has 1 aromatic carbocycles. The van der Waals surface area contributed by atoms with Gasteiger partial charge in [0, 0.05) is 6.04 Å². The predicted molar refractivity (Wildman–Crippen MR) is 65.2 cm³/mol. The van der Waals surface area contributed by atoms with E-state index in [1.807, 2.05) is 0 Å². The normalized spacial score (nSPS) is 15.7. The van der Waals surface area contributed by atoms with Gasteiger partial charge in [0.15, 0.2) is 11.6 Å². The fourth-order valence-corrected chi connectivity index (χ4v) is 2.10. The molecule has 0 atom stereocenters. The molecular weight excluding hydrogens is 240 g/mol. The maximum atomic E-state index is 13.4. The minimum Gasteiger partial charge on any atom is -0.397 e. The molecule has 6 heteroatoms. The number of halogens is 2. The van der Waals surface area contributed by atoms with Crippen LogP contribution in [-0.2, 0) is 0 Å². The van der Waals surface area contributed by atoms with Gasteiger partial charge in [-0.25, -0.2) is 13.6 Å². The number of rotatable bonds is 2. The van der Waals surface area contributed by atoms with Crippen LogP contribution in [0.1, 0.15) is 25.7 Å². The number of carbonyl (C=O) groups excluding carboxylic acids is 1. The van der Waals surface area contributed by atoms with Crippen molar-refractivity contribution in [2.45, 2.75) is 31.7 Å². The first-order valence-electron chi connectivity index (χ1n) is 5.89. The number of hydrogen-bond acceptors (Lipinski definition) is 2. The Labute approximate surface area is 104 Å². The Kier molecular flexibility index (Phi) is 3.64. The summed E-state index contributed by atoms with van der Waals surface area (Å²) in [5, 5.41) is 4.96. The highest BCUT2D eigenvalue weighted by Crippen LogP contribution is 2.24. The Morgan fingerprint density at radius 2 is 1.94 bits per heavy atom. The molecule has 2 rings (SSSR count). The molecule has 0 aliphatic heterocycles. The standard InChI is InChI=1S/C12H15F2N3O/c13-8-5-6-9(15)11(10(8)14)17-12(18)16-7-3-1-2-4-7/h5-7H,1-4,15H2,(H2,16,17,18). The summed E-state index contributed by atoms with van der Waals surface area (Å²) >= 11 is 0. The molecule has 2 amide bonds. The van der Waals surface area contributed by atoms with E-state index in [0.717, 1.165) is 31.7 Å². The van der Waals surface area contributed by atoms with Gasteiger partial charge in [0.1, 0.15) is 5.69 Å². The second kappa shape index (κ2) is 5.20. The fourth-order valence-electron chi connectivity index (χ4n) is 2.10. The van der Waals surface area contributed by atoms with E-state index >= 15 is 0 Å². The minimum atomic E-state index is -1.14. The third kappa shape index (κ3) is 2.69. The third-order valence-corrected chi connectivity index (χ3v) is 3.06. The monoisotopic (exact) mass is 255 g/mol. The number of urea groups is 1. The SMILES string of the molecule is Nc1ccc(F)c(F)c1NC(=O)NC1CCCC1. The van der Waals surface area contributed by atoms with E-state index < -0.39 is 17.7 Å². The molecule has 98 valence electrons. The van der Waals surface area contributed by atoms with Crippen molar-refractivity contribution < 1.29 is 13.6 Å². The van der Waals surface area contributed by atoms with E-state index in [1.54, 1.807) is 0 Å². The van der Waals surface area contributed by atoms with Gasteiger partial charge in [-0.1, -0.05) is 12.8 Å². The highest BCUT2D eigenvalue weighted by atomic mass is 19.2. The van der Waals surface area contributed by atoms with E-state index in [0.29, 0.717) is 0 Å². The van der Waals surface area contributed by atoms with Gasteiger partial charge in [-0.2, -0.15) is 0 Å². The van der Waals surface area contributed by atoms with Gasteiger partial charge < -0.3 is 16.4 Å². The Hall–Kier alpha value is -1.85. The van der Waals surface area contributed by atoms with E-state index in [9.17, 15) is 13.6 Å². The maximum absolute atomic E-state index is 13.4. The number of anilines is 2. The van der Waals surface area contributed by atoms with Crippen LogP contribution < -0.4 is 16.4 Å². The first kappa shape index (κ1) is 12.6. The smallest absolute Gasteiger partial charge is 0.319 e. The average molecular weight is 255 g/mol. The maximum Gasteiger partial charge on any atom is 0.319 e. The third-order valence-electron chi connectivity index (χ3n) is 3.06. The zero-order chi connectivity index (χ0) is 13.1. The molecule has 4 N–H and O–H groups in total. The summed E-state index contributed by atoms with van der Waals surface area (Å²) in [6.07, 6.45) is 3.96. The lowest BCUT2D eigenvalue weighted by molar-refractivity contribution is 0.248. The van der Waals surface area contributed by atoms with E-state index in [-0.39, 0.29) is 17.4 Å². The molecule has 0 radical (unpaired) electrons. The van der Waals surface area contributed by atoms with Gasteiger partial charge in [-0.05, 0) is 25.0 Å². The Morgan fingerprint density at radius 3 is 2.61 bits per heavy atom. The molecular formula is C12H15F2N3O. The molecule has 1 aromatic rings. The second-order valence-electron chi connectivity index (χ2n) is 4.41. The average Bonchev–Trinajstić information content (AvgIpc) is 2.82. The van der Waals surface area contributed by atoms with Gasteiger partial charge in [0.25, 0.3) is 0 Å². The summed E-state index contributed by atoms with van der Waals surface area (Å²) in [7, 11) is 0. The van der Waals surface area contributed by atoms with Gasteiger partial charge in [-0.3, -0.25) is 0 Å². The van der Waals surface area contributed by atoms with Crippen LogP contribution in [0, 0.1) is 11.6 Å². The highest BCUT2D eigenvalue weighted by Gasteiger charge is 2.19. The molecule has 1 aliphatic carbocycles. The van der Waals surface area contributed by atoms with Crippen LogP contribution in [0.2, 0.25) is 0 Å². The first-order chi connectivity index (χ1) is 8.58. The number of hydrogen-bond donors (Lipinski definition) is 3. The highest BCUT2D eigenvalue weighted by molar-refractivity contribution is 5.92. The van der Waals surface area contributed by atoms with E-state index in [1.165, 1.54) is 6.07 Å². The van der Waals surface area contributed by atoms with Crippen LogP contribution in [0.15, 0.2) is 12.1 Å². The number of carbonyl (C=O) groups is 1. The lowest BCUT2D eigenvalue weighted by Gasteiger charge is -2.14. The van der Waals surface area contributed by atoms with E-state index in [4.69, 9.17) is 5.73 Å². The molecule has 0 heterocycles.